The average molecular weight is 371 g/mol. The number of nitrogens with one attached hydrogen (secondary N) is 1. The van der Waals surface area contributed by atoms with Gasteiger partial charge in [0, 0.05) is 37.5 Å². The highest BCUT2D eigenvalue weighted by Crippen LogP contribution is 2.36. The van der Waals surface area contributed by atoms with Crippen LogP contribution in [0.15, 0.2) is 24.3 Å². The molecule has 1 atom stereocenters. The first-order chi connectivity index (χ1) is 13.0. The van der Waals surface area contributed by atoms with Gasteiger partial charge in [-0.25, -0.2) is 4.79 Å². The molecule has 144 valence electrons. The van der Waals surface area contributed by atoms with Gasteiger partial charge in [0.05, 0.1) is 7.11 Å². The van der Waals surface area contributed by atoms with Crippen molar-refractivity contribution in [3.05, 3.63) is 29.8 Å². The number of hydrogen-bond donors (Lipinski definition) is 1. The lowest BCUT2D eigenvalue weighted by atomic mass is 9.97. The molecule has 7 heteroatoms. The Kier molecular flexibility index (Phi) is 4.53. The molecule has 4 rings (SSSR count). The van der Waals surface area contributed by atoms with Crippen molar-refractivity contribution in [2.45, 2.75) is 44.2 Å². The van der Waals surface area contributed by atoms with Crippen molar-refractivity contribution in [2.75, 3.05) is 20.2 Å². The quantitative estimate of drug-likeness (QED) is 0.802. The van der Waals surface area contributed by atoms with Crippen LogP contribution < -0.4 is 10.1 Å². The Morgan fingerprint density at radius 3 is 2.67 bits per heavy atom. The molecule has 2 aliphatic heterocycles. The van der Waals surface area contributed by atoms with Crippen LogP contribution in [0, 0.1) is 5.92 Å². The fourth-order valence-corrected chi connectivity index (χ4v) is 4.59. The molecule has 7 nitrogen and oxygen atoms in total. The van der Waals surface area contributed by atoms with Gasteiger partial charge in [-0.05, 0) is 18.9 Å². The predicted molar refractivity (Wildman–Crippen MR) is 98.0 cm³/mol. The summed E-state index contributed by atoms with van der Waals surface area (Å²) in [6, 6.07) is 7.33. The molecule has 3 fully saturated rings. The molecule has 2 saturated heterocycles. The van der Waals surface area contributed by atoms with E-state index < -0.39 is 5.54 Å². The third-order valence-corrected chi connectivity index (χ3v) is 5.99. The second-order valence-electron chi connectivity index (χ2n) is 7.79. The van der Waals surface area contributed by atoms with Crippen molar-refractivity contribution in [2.24, 2.45) is 5.92 Å². The first-order valence-electron chi connectivity index (χ1n) is 9.56. The molecule has 0 aromatic heterocycles. The molecular formula is C20H25N3O4. The maximum Gasteiger partial charge on any atom is 0.325 e. The smallest absolute Gasteiger partial charge is 0.325 e. The van der Waals surface area contributed by atoms with Crippen LogP contribution >= 0.6 is 0 Å². The summed E-state index contributed by atoms with van der Waals surface area (Å²) in [5.41, 5.74) is 0.269. The molecule has 1 saturated carbocycles. The van der Waals surface area contributed by atoms with Crippen molar-refractivity contribution in [3.8, 4) is 5.75 Å². The number of carbonyl (C=O) groups is 3. The number of para-hydroxylation sites is 1. The summed E-state index contributed by atoms with van der Waals surface area (Å²) >= 11 is 0. The summed E-state index contributed by atoms with van der Waals surface area (Å²) in [4.78, 5) is 40.7. The Morgan fingerprint density at radius 1 is 1.19 bits per heavy atom. The van der Waals surface area contributed by atoms with Gasteiger partial charge in [0.25, 0.3) is 5.91 Å². The maximum absolute atomic E-state index is 12.8. The van der Waals surface area contributed by atoms with Gasteiger partial charge in [-0.1, -0.05) is 31.0 Å². The molecule has 1 aromatic rings. The van der Waals surface area contributed by atoms with Gasteiger partial charge < -0.3 is 15.0 Å². The molecule has 1 aliphatic carbocycles. The van der Waals surface area contributed by atoms with E-state index in [1.165, 1.54) is 4.90 Å². The van der Waals surface area contributed by atoms with Crippen molar-refractivity contribution in [3.63, 3.8) is 0 Å². The molecule has 1 aromatic carbocycles. The lowest BCUT2D eigenvalue weighted by Crippen LogP contribution is -2.44. The SMILES string of the molecule is COc1ccccc1CN1CC(CN2C(=O)NC3(CCCC3)C2=O)CC1=O. The molecule has 27 heavy (non-hydrogen) atoms. The third-order valence-electron chi connectivity index (χ3n) is 5.99. The van der Waals surface area contributed by atoms with E-state index in [2.05, 4.69) is 5.32 Å². The van der Waals surface area contributed by atoms with Gasteiger partial charge in [-0.15, -0.1) is 0 Å². The fourth-order valence-electron chi connectivity index (χ4n) is 4.59. The third kappa shape index (κ3) is 3.15. The number of benzene rings is 1. The molecule has 1 spiro atoms. The normalized spacial score (nSPS) is 24.2. The van der Waals surface area contributed by atoms with Crippen LogP contribution in [0.4, 0.5) is 4.79 Å². The Bertz CT molecular complexity index is 772. The van der Waals surface area contributed by atoms with Crippen molar-refractivity contribution in [1.82, 2.24) is 15.1 Å². The van der Waals surface area contributed by atoms with Crippen LogP contribution in [-0.4, -0.2) is 53.4 Å². The van der Waals surface area contributed by atoms with E-state index in [1.807, 2.05) is 24.3 Å². The van der Waals surface area contributed by atoms with Crippen molar-refractivity contribution in [1.29, 1.82) is 0 Å². The Morgan fingerprint density at radius 2 is 1.93 bits per heavy atom. The summed E-state index contributed by atoms with van der Waals surface area (Å²) in [7, 11) is 1.61. The monoisotopic (exact) mass is 371 g/mol. The van der Waals surface area contributed by atoms with E-state index >= 15 is 0 Å². The summed E-state index contributed by atoms with van der Waals surface area (Å²) in [5, 5.41) is 2.90. The summed E-state index contributed by atoms with van der Waals surface area (Å²) < 4.78 is 5.36. The van der Waals surface area contributed by atoms with Crippen LogP contribution in [0.5, 0.6) is 5.75 Å². The van der Waals surface area contributed by atoms with Gasteiger partial charge in [0.2, 0.25) is 5.91 Å². The molecule has 1 unspecified atom stereocenters. The van der Waals surface area contributed by atoms with E-state index in [4.69, 9.17) is 4.74 Å². The Hall–Kier alpha value is -2.57. The first-order valence-corrected chi connectivity index (χ1v) is 9.56. The number of amides is 4. The van der Waals surface area contributed by atoms with Crippen LogP contribution in [0.1, 0.15) is 37.7 Å². The first kappa shape index (κ1) is 17.8. The van der Waals surface area contributed by atoms with Crippen molar-refractivity contribution < 1.29 is 19.1 Å². The molecule has 2 heterocycles. The standard InChI is InChI=1S/C20H25N3O4/c1-27-16-7-3-2-6-15(16)13-22-11-14(10-17(22)24)12-23-18(25)20(21-19(23)26)8-4-5-9-20/h2-3,6-7,14H,4-5,8-13H2,1H3,(H,21,26). The number of urea groups is 1. The zero-order valence-corrected chi connectivity index (χ0v) is 15.6. The molecule has 4 amide bonds. The van der Waals surface area contributed by atoms with E-state index in [0.717, 1.165) is 37.0 Å². The highest BCUT2D eigenvalue weighted by Gasteiger charge is 2.53. The predicted octanol–water partition coefficient (Wildman–Crippen LogP) is 1.91. The minimum Gasteiger partial charge on any atom is -0.496 e. The maximum atomic E-state index is 12.8. The van der Waals surface area contributed by atoms with E-state index in [1.54, 1.807) is 12.0 Å². The summed E-state index contributed by atoms with van der Waals surface area (Å²) in [6.07, 6.45) is 3.73. The zero-order chi connectivity index (χ0) is 19.0. The number of likely N-dealkylation sites (tertiary alicyclic amines) is 1. The Labute approximate surface area is 158 Å². The number of rotatable bonds is 5. The lowest BCUT2D eigenvalue weighted by Gasteiger charge is -2.22. The van der Waals surface area contributed by atoms with Crippen molar-refractivity contribution >= 4 is 17.8 Å². The van der Waals surface area contributed by atoms with Gasteiger partial charge >= 0.3 is 6.03 Å². The van der Waals surface area contributed by atoms with Crippen LogP contribution in [0.2, 0.25) is 0 Å². The Balaban J connectivity index is 1.41. The number of ether oxygens (including phenoxy) is 1. The van der Waals surface area contributed by atoms with Crippen LogP contribution in [0.25, 0.3) is 0 Å². The summed E-state index contributed by atoms with van der Waals surface area (Å²) in [5.74, 6) is 0.665. The van der Waals surface area contributed by atoms with Gasteiger partial charge in [0.15, 0.2) is 0 Å². The molecular weight excluding hydrogens is 346 g/mol. The largest absolute Gasteiger partial charge is 0.496 e. The molecule has 0 bridgehead atoms. The lowest BCUT2D eigenvalue weighted by molar-refractivity contribution is -0.132. The zero-order valence-electron chi connectivity index (χ0n) is 15.6. The highest BCUT2D eigenvalue weighted by atomic mass is 16.5. The number of nitrogens with zero attached hydrogens (tertiary/aromatic N) is 2. The van der Waals surface area contributed by atoms with E-state index in [0.29, 0.717) is 26.1 Å². The number of carbonyl (C=O) groups excluding carboxylic acids is 3. The van der Waals surface area contributed by atoms with Gasteiger partial charge in [-0.3, -0.25) is 14.5 Å². The van der Waals surface area contributed by atoms with Gasteiger partial charge in [-0.2, -0.15) is 0 Å². The topological polar surface area (TPSA) is 79.0 Å². The van der Waals surface area contributed by atoms with Gasteiger partial charge in [0.1, 0.15) is 11.3 Å². The van der Waals surface area contributed by atoms with Crippen LogP contribution in [-0.2, 0) is 16.1 Å². The number of imide groups is 1. The second-order valence-corrected chi connectivity index (χ2v) is 7.79. The molecule has 3 aliphatic rings. The summed E-state index contributed by atoms with van der Waals surface area (Å²) in [6.45, 7) is 1.32. The fraction of sp³-hybridized carbons (Fsp3) is 0.550. The second kappa shape index (κ2) is 6.87. The molecule has 0 radical (unpaired) electrons. The molecule has 1 N–H and O–H groups in total. The van der Waals surface area contributed by atoms with Crippen LogP contribution in [0.3, 0.4) is 0 Å². The van der Waals surface area contributed by atoms with E-state index in [9.17, 15) is 14.4 Å². The minimum atomic E-state index is -0.684. The minimum absolute atomic E-state index is 0.0292. The average Bonchev–Trinajstić information content (AvgIpc) is 3.32. The number of methoxy groups -OCH3 is 1. The van der Waals surface area contributed by atoms with E-state index in [-0.39, 0.29) is 23.8 Å². The number of hydrogen-bond acceptors (Lipinski definition) is 4. The highest BCUT2D eigenvalue weighted by molar-refractivity contribution is 6.07.